The van der Waals surface area contributed by atoms with Crippen LogP contribution in [-0.4, -0.2) is 19.3 Å². The molecule has 1 aliphatic rings. The van der Waals surface area contributed by atoms with Gasteiger partial charge in [0, 0.05) is 11.1 Å². The second-order valence-corrected chi connectivity index (χ2v) is 8.93. The second kappa shape index (κ2) is 12.1. The molecule has 1 fully saturated rings. The molecule has 0 unspecified atom stereocenters. The first-order valence-electron chi connectivity index (χ1n) is 12.3. The first-order chi connectivity index (χ1) is 17.5. The standard InChI is InChI=1S/C30H31F3O3/c1-3-17-35-28-16-10-22(18-27(28)31)20-5-11-25(12-6-20)36-19-23-9-15-26(30(33)29(23)32)21-7-13-24(14-8-21)34-4-2/h3,7-10,13-16,18,20,25H,1,4-6,11-12,17,19H2,2H3. The van der Waals surface area contributed by atoms with Crippen LogP contribution in [0, 0.1) is 17.5 Å². The number of benzene rings is 3. The van der Waals surface area contributed by atoms with Crippen LogP contribution in [0.15, 0.2) is 67.3 Å². The van der Waals surface area contributed by atoms with Crippen LogP contribution in [-0.2, 0) is 11.3 Å². The molecule has 6 heteroatoms. The first-order valence-corrected chi connectivity index (χ1v) is 12.3. The van der Waals surface area contributed by atoms with Gasteiger partial charge in [0.2, 0.25) is 0 Å². The lowest BCUT2D eigenvalue weighted by Gasteiger charge is -2.29. The summed E-state index contributed by atoms with van der Waals surface area (Å²) in [5.74, 6) is -1.01. The van der Waals surface area contributed by atoms with E-state index in [1.54, 1.807) is 48.5 Å². The molecule has 4 rings (SSSR count). The molecular formula is C30H31F3O3. The molecule has 0 saturated heterocycles. The van der Waals surface area contributed by atoms with Gasteiger partial charge >= 0.3 is 0 Å². The van der Waals surface area contributed by atoms with Crippen molar-refractivity contribution >= 4 is 0 Å². The van der Waals surface area contributed by atoms with Crippen LogP contribution < -0.4 is 9.47 Å². The van der Waals surface area contributed by atoms with Gasteiger partial charge in [-0.15, -0.1) is 0 Å². The van der Waals surface area contributed by atoms with Gasteiger partial charge in [-0.25, -0.2) is 13.2 Å². The summed E-state index contributed by atoms with van der Waals surface area (Å²) in [6.45, 7) is 6.26. The molecule has 36 heavy (non-hydrogen) atoms. The van der Waals surface area contributed by atoms with Crippen molar-refractivity contribution in [3.05, 3.63) is 95.8 Å². The third-order valence-electron chi connectivity index (χ3n) is 6.57. The van der Waals surface area contributed by atoms with E-state index in [4.69, 9.17) is 14.2 Å². The average molecular weight is 497 g/mol. The summed E-state index contributed by atoms with van der Waals surface area (Å²) in [6, 6.07) is 15.2. The third-order valence-corrected chi connectivity index (χ3v) is 6.57. The smallest absolute Gasteiger partial charge is 0.167 e. The van der Waals surface area contributed by atoms with Crippen LogP contribution in [0.4, 0.5) is 13.2 Å². The minimum atomic E-state index is -0.885. The zero-order valence-electron chi connectivity index (χ0n) is 20.4. The molecule has 0 N–H and O–H groups in total. The maximum Gasteiger partial charge on any atom is 0.167 e. The highest BCUT2D eigenvalue weighted by Crippen LogP contribution is 2.36. The topological polar surface area (TPSA) is 27.7 Å². The summed E-state index contributed by atoms with van der Waals surface area (Å²) in [6.07, 6.45) is 4.75. The third kappa shape index (κ3) is 6.11. The fraction of sp³-hybridized carbons (Fsp3) is 0.333. The largest absolute Gasteiger partial charge is 0.494 e. The molecule has 0 bridgehead atoms. The summed E-state index contributed by atoms with van der Waals surface area (Å²) < 4.78 is 60.6. The molecule has 1 saturated carbocycles. The molecule has 0 radical (unpaired) electrons. The number of hydrogen-bond acceptors (Lipinski definition) is 3. The van der Waals surface area contributed by atoms with Gasteiger partial charge in [0.1, 0.15) is 12.4 Å². The Kier molecular flexibility index (Phi) is 8.70. The lowest BCUT2D eigenvalue weighted by Crippen LogP contribution is -2.21. The molecule has 190 valence electrons. The zero-order chi connectivity index (χ0) is 25.5. The van der Waals surface area contributed by atoms with Crippen LogP contribution in [0.3, 0.4) is 0 Å². The molecule has 0 aliphatic heterocycles. The van der Waals surface area contributed by atoms with Crippen molar-refractivity contribution in [2.75, 3.05) is 13.2 Å². The lowest BCUT2D eigenvalue weighted by molar-refractivity contribution is 0.0119. The molecular weight excluding hydrogens is 465 g/mol. The van der Waals surface area contributed by atoms with Gasteiger partial charge in [0.15, 0.2) is 23.2 Å². The normalized spacial score (nSPS) is 17.6. The van der Waals surface area contributed by atoms with Gasteiger partial charge in [0.25, 0.3) is 0 Å². The average Bonchev–Trinajstić information content (AvgIpc) is 2.90. The molecule has 0 spiro atoms. The molecule has 3 nitrogen and oxygen atoms in total. The summed E-state index contributed by atoms with van der Waals surface area (Å²) in [5.41, 5.74) is 1.92. The van der Waals surface area contributed by atoms with E-state index in [-0.39, 0.29) is 47.9 Å². The van der Waals surface area contributed by atoms with Gasteiger partial charge in [-0.2, -0.15) is 0 Å². The Labute approximate surface area is 210 Å². The minimum absolute atomic E-state index is 0.00557. The maximum atomic E-state index is 14.8. The van der Waals surface area contributed by atoms with Crippen LogP contribution in [0.1, 0.15) is 49.7 Å². The van der Waals surface area contributed by atoms with Crippen molar-refractivity contribution < 1.29 is 27.4 Å². The first kappa shape index (κ1) is 25.8. The van der Waals surface area contributed by atoms with E-state index in [0.29, 0.717) is 17.9 Å². The predicted octanol–water partition coefficient (Wildman–Crippen LogP) is 7.98. The molecule has 0 heterocycles. The van der Waals surface area contributed by atoms with Gasteiger partial charge in [-0.05, 0) is 73.9 Å². The number of rotatable bonds is 10. The van der Waals surface area contributed by atoms with Gasteiger partial charge in [-0.3, -0.25) is 0 Å². The maximum absolute atomic E-state index is 14.8. The predicted molar refractivity (Wildman–Crippen MR) is 135 cm³/mol. The quantitative estimate of drug-likeness (QED) is 0.266. The highest BCUT2D eigenvalue weighted by molar-refractivity contribution is 5.65. The SMILES string of the molecule is C=CCOc1ccc(C2CCC(OCc3ccc(-c4ccc(OCC)cc4)c(F)c3F)CC2)cc1F. The highest BCUT2D eigenvalue weighted by Gasteiger charge is 2.24. The van der Waals surface area contributed by atoms with Crippen LogP contribution in [0.25, 0.3) is 11.1 Å². The van der Waals surface area contributed by atoms with Gasteiger partial charge < -0.3 is 14.2 Å². The molecule has 0 aromatic heterocycles. The Morgan fingerprint density at radius 3 is 2.31 bits per heavy atom. The van der Waals surface area contributed by atoms with Crippen LogP contribution in [0.5, 0.6) is 11.5 Å². The van der Waals surface area contributed by atoms with Crippen molar-refractivity contribution in [3.63, 3.8) is 0 Å². The molecule has 3 aromatic carbocycles. The Bertz CT molecular complexity index is 1170. The fourth-order valence-electron chi connectivity index (χ4n) is 4.63. The van der Waals surface area contributed by atoms with Crippen molar-refractivity contribution in [1.82, 2.24) is 0 Å². The zero-order valence-corrected chi connectivity index (χ0v) is 20.4. The number of halogens is 3. The lowest BCUT2D eigenvalue weighted by atomic mass is 9.82. The van der Waals surface area contributed by atoms with Crippen LogP contribution in [0.2, 0.25) is 0 Å². The number of ether oxygens (including phenoxy) is 3. The Hall–Kier alpha value is -3.25. The molecule has 0 amide bonds. The van der Waals surface area contributed by atoms with E-state index in [2.05, 4.69) is 6.58 Å². The van der Waals surface area contributed by atoms with Crippen molar-refractivity contribution in [2.24, 2.45) is 0 Å². The van der Waals surface area contributed by atoms with Crippen molar-refractivity contribution in [3.8, 4) is 22.6 Å². The van der Waals surface area contributed by atoms with Crippen LogP contribution >= 0.6 is 0 Å². The van der Waals surface area contributed by atoms with Gasteiger partial charge in [-0.1, -0.05) is 43.0 Å². The summed E-state index contributed by atoms with van der Waals surface area (Å²) >= 11 is 0. The Morgan fingerprint density at radius 2 is 1.64 bits per heavy atom. The second-order valence-electron chi connectivity index (χ2n) is 8.93. The summed E-state index contributed by atoms with van der Waals surface area (Å²) in [7, 11) is 0. The van der Waals surface area contributed by atoms with Crippen molar-refractivity contribution in [1.29, 1.82) is 0 Å². The molecule has 3 aromatic rings. The van der Waals surface area contributed by atoms with E-state index < -0.39 is 11.6 Å². The van der Waals surface area contributed by atoms with E-state index in [1.165, 1.54) is 6.07 Å². The molecule has 0 atom stereocenters. The minimum Gasteiger partial charge on any atom is -0.494 e. The summed E-state index contributed by atoms with van der Waals surface area (Å²) in [4.78, 5) is 0. The number of hydrogen-bond donors (Lipinski definition) is 0. The van der Waals surface area contributed by atoms with E-state index in [9.17, 15) is 13.2 Å². The van der Waals surface area contributed by atoms with E-state index >= 15 is 0 Å². The highest BCUT2D eigenvalue weighted by atomic mass is 19.2. The summed E-state index contributed by atoms with van der Waals surface area (Å²) in [5, 5.41) is 0. The molecule has 1 aliphatic carbocycles. The Morgan fingerprint density at radius 1 is 0.889 bits per heavy atom. The van der Waals surface area contributed by atoms with E-state index in [0.717, 1.165) is 31.2 Å². The van der Waals surface area contributed by atoms with Gasteiger partial charge in [0.05, 0.1) is 19.3 Å². The van der Waals surface area contributed by atoms with Crippen molar-refractivity contribution in [2.45, 2.75) is 51.2 Å². The fourth-order valence-corrected chi connectivity index (χ4v) is 4.63. The Balaban J connectivity index is 1.32. The van der Waals surface area contributed by atoms with E-state index in [1.807, 2.05) is 13.0 Å². The monoisotopic (exact) mass is 496 g/mol.